The van der Waals surface area contributed by atoms with E-state index in [4.69, 9.17) is 0 Å². The summed E-state index contributed by atoms with van der Waals surface area (Å²) in [6, 6.07) is 17.1. The molecule has 0 heteroatoms. The average Bonchev–Trinajstić information content (AvgIpc) is 2.49. The van der Waals surface area contributed by atoms with Crippen molar-refractivity contribution in [1.82, 2.24) is 0 Å². The van der Waals surface area contributed by atoms with Crippen LogP contribution in [-0.2, 0) is 0 Å². The number of allylic oxidation sites excluding steroid dienone is 2. The van der Waals surface area contributed by atoms with Gasteiger partial charge in [0.05, 0.1) is 0 Å². The third-order valence-electron chi connectivity index (χ3n) is 3.06. The second-order valence-corrected chi connectivity index (χ2v) is 4.67. The van der Waals surface area contributed by atoms with Crippen LogP contribution in [0.25, 0.3) is 24.3 Å². The fourth-order valence-corrected chi connectivity index (χ4v) is 2.01. The average molecular weight is 260 g/mol. The monoisotopic (exact) mass is 260 g/mol. The minimum absolute atomic E-state index is 1.22. The van der Waals surface area contributed by atoms with E-state index in [9.17, 15) is 0 Å². The van der Waals surface area contributed by atoms with Gasteiger partial charge in [-0.3, -0.25) is 0 Å². The lowest BCUT2D eigenvalue weighted by Crippen LogP contribution is -1.76. The molecule has 0 spiro atoms. The lowest BCUT2D eigenvalue weighted by atomic mass is 10.1. The Hall–Kier alpha value is -2.34. The second kappa shape index (κ2) is 7.30. The maximum absolute atomic E-state index is 2.14. The van der Waals surface area contributed by atoms with Gasteiger partial charge in [0.25, 0.3) is 0 Å². The van der Waals surface area contributed by atoms with Gasteiger partial charge in [0, 0.05) is 0 Å². The molecule has 100 valence electrons. The molecule has 0 saturated carbocycles. The highest BCUT2D eigenvalue weighted by Gasteiger charge is 1.90. The summed E-state index contributed by atoms with van der Waals surface area (Å²) in [7, 11) is 0. The minimum Gasteiger partial charge on any atom is -0.0871 e. The van der Waals surface area contributed by atoms with Crippen molar-refractivity contribution in [2.75, 3.05) is 0 Å². The van der Waals surface area contributed by atoms with Crippen molar-refractivity contribution in [2.24, 2.45) is 0 Å². The summed E-state index contributed by atoms with van der Waals surface area (Å²) in [6.07, 6.45) is 12.6. The van der Waals surface area contributed by atoms with Gasteiger partial charge in [0.15, 0.2) is 0 Å². The highest BCUT2D eigenvalue weighted by molar-refractivity contribution is 5.70. The van der Waals surface area contributed by atoms with Crippen LogP contribution in [-0.4, -0.2) is 0 Å². The van der Waals surface area contributed by atoms with Crippen LogP contribution >= 0.6 is 0 Å². The zero-order chi connectivity index (χ0) is 14.2. The van der Waals surface area contributed by atoms with Gasteiger partial charge in [-0.25, -0.2) is 0 Å². The number of benzene rings is 2. The Labute approximate surface area is 121 Å². The molecular formula is C20H20. The highest BCUT2D eigenvalue weighted by atomic mass is 14.0. The number of hydrogen-bond acceptors (Lipinski definition) is 0. The molecule has 2 aromatic carbocycles. The molecule has 0 aliphatic rings. The molecule has 0 aromatic heterocycles. The van der Waals surface area contributed by atoms with Gasteiger partial charge in [-0.1, -0.05) is 85.0 Å². The molecule has 0 fully saturated rings. The molecule has 0 amide bonds. The van der Waals surface area contributed by atoms with Crippen LogP contribution in [0.4, 0.5) is 0 Å². The van der Waals surface area contributed by atoms with Gasteiger partial charge in [-0.2, -0.15) is 0 Å². The van der Waals surface area contributed by atoms with Crippen molar-refractivity contribution in [1.29, 1.82) is 0 Å². The molecule has 0 saturated heterocycles. The zero-order valence-corrected chi connectivity index (χ0v) is 12.1. The molecular weight excluding hydrogens is 240 g/mol. The fraction of sp³-hybridized carbons (Fsp3) is 0.100. The molecule has 0 N–H and O–H groups in total. The number of rotatable bonds is 4. The molecule has 0 unspecified atom stereocenters. The van der Waals surface area contributed by atoms with Crippen LogP contribution in [0.3, 0.4) is 0 Å². The Morgan fingerprint density at radius 3 is 0.950 bits per heavy atom. The Kier molecular flexibility index (Phi) is 5.14. The molecule has 0 nitrogen and oxygen atoms in total. The van der Waals surface area contributed by atoms with Gasteiger partial charge in [0.1, 0.15) is 0 Å². The van der Waals surface area contributed by atoms with Crippen LogP contribution < -0.4 is 0 Å². The molecule has 0 aliphatic heterocycles. The largest absolute Gasteiger partial charge is 0.0871 e. The SMILES string of the molecule is C/C=C\c1ccc(/C=C/c2ccc(/C=C\C)cc2)cc1. The van der Waals surface area contributed by atoms with Crippen molar-refractivity contribution in [3.05, 3.63) is 82.9 Å². The summed E-state index contributed by atoms with van der Waals surface area (Å²) in [5.74, 6) is 0. The van der Waals surface area contributed by atoms with Gasteiger partial charge >= 0.3 is 0 Å². The Bertz CT molecular complexity index is 551. The van der Waals surface area contributed by atoms with Crippen molar-refractivity contribution in [3.63, 3.8) is 0 Å². The zero-order valence-electron chi connectivity index (χ0n) is 12.1. The van der Waals surface area contributed by atoms with E-state index in [0.29, 0.717) is 0 Å². The molecule has 0 bridgehead atoms. The van der Waals surface area contributed by atoms with Crippen LogP contribution in [0.1, 0.15) is 36.1 Å². The number of hydrogen-bond donors (Lipinski definition) is 0. The minimum atomic E-state index is 1.22. The van der Waals surface area contributed by atoms with Gasteiger partial charge in [-0.15, -0.1) is 0 Å². The maximum atomic E-state index is 2.14. The predicted octanol–water partition coefficient (Wildman–Crippen LogP) is 5.92. The highest BCUT2D eigenvalue weighted by Crippen LogP contribution is 2.12. The maximum Gasteiger partial charge on any atom is -0.0256 e. The van der Waals surface area contributed by atoms with E-state index in [-0.39, 0.29) is 0 Å². The molecule has 0 radical (unpaired) electrons. The summed E-state index contributed by atoms with van der Waals surface area (Å²) in [6.45, 7) is 4.07. The van der Waals surface area contributed by atoms with Crippen molar-refractivity contribution in [3.8, 4) is 0 Å². The fourth-order valence-electron chi connectivity index (χ4n) is 2.01. The Morgan fingerprint density at radius 2 is 0.700 bits per heavy atom. The van der Waals surface area contributed by atoms with Crippen molar-refractivity contribution >= 4 is 24.3 Å². The smallest absolute Gasteiger partial charge is 0.0256 e. The molecule has 2 aromatic rings. The second-order valence-electron chi connectivity index (χ2n) is 4.67. The van der Waals surface area contributed by atoms with Gasteiger partial charge in [0.2, 0.25) is 0 Å². The standard InChI is InChI=1S/C20H20/c1-3-5-17-7-11-19(12-8-17)15-16-20-13-9-18(6-4-2)10-14-20/h3-16H,1-2H3/b5-3-,6-4-,16-15+. The van der Waals surface area contributed by atoms with Crippen LogP contribution in [0.15, 0.2) is 60.7 Å². The molecule has 20 heavy (non-hydrogen) atoms. The van der Waals surface area contributed by atoms with E-state index in [1.54, 1.807) is 0 Å². The first-order valence-electron chi connectivity index (χ1n) is 6.95. The van der Waals surface area contributed by atoms with Gasteiger partial charge < -0.3 is 0 Å². The van der Waals surface area contributed by atoms with Crippen LogP contribution in [0.2, 0.25) is 0 Å². The first-order chi connectivity index (χ1) is 9.81. The Balaban J connectivity index is 2.08. The first-order valence-corrected chi connectivity index (χ1v) is 6.95. The third-order valence-corrected chi connectivity index (χ3v) is 3.06. The quantitative estimate of drug-likeness (QED) is 0.598. The van der Waals surface area contributed by atoms with E-state index in [0.717, 1.165) is 0 Å². The van der Waals surface area contributed by atoms with Crippen molar-refractivity contribution < 1.29 is 0 Å². The van der Waals surface area contributed by atoms with Crippen LogP contribution in [0.5, 0.6) is 0 Å². The molecule has 0 atom stereocenters. The van der Waals surface area contributed by atoms with E-state index >= 15 is 0 Å². The lowest BCUT2D eigenvalue weighted by molar-refractivity contribution is 1.60. The summed E-state index contributed by atoms with van der Waals surface area (Å²) < 4.78 is 0. The molecule has 2 rings (SSSR count). The van der Waals surface area contributed by atoms with Crippen molar-refractivity contribution in [2.45, 2.75) is 13.8 Å². The summed E-state index contributed by atoms with van der Waals surface area (Å²) in [5, 5.41) is 0. The molecule has 0 aliphatic carbocycles. The van der Waals surface area contributed by atoms with E-state index in [1.165, 1.54) is 22.3 Å². The summed E-state index contributed by atoms with van der Waals surface area (Å²) in [4.78, 5) is 0. The molecule has 0 heterocycles. The normalized spacial score (nSPS) is 11.9. The lowest BCUT2D eigenvalue weighted by Gasteiger charge is -1.98. The van der Waals surface area contributed by atoms with Gasteiger partial charge in [-0.05, 0) is 36.1 Å². The third kappa shape index (κ3) is 4.10. The topological polar surface area (TPSA) is 0 Å². The first kappa shape index (κ1) is 14.1. The predicted molar refractivity (Wildman–Crippen MR) is 91.2 cm³/mol. The summed E-state index contributed by atoms with van der Waals surface area (Å²) in [5.41, 5.74) is 4.91. The van der Waals surface area contributed by atoms with E-state index in [1.807, 2.05) is 13.8 Å². The van der Waals surface area contributed by atoms with Crippen LogP contribution in [0, 0.1) is 0 Å². The Morgan fingerprint density at radius 1 is 0.450 bits per heavy atom. The van der Waals surface area contributed by atoms with E-state index < -0.39 is 0 Å². The van der Waals surface area contributed by atoms with E-state index in [2.05, 4.69) is 85.0 Å². The summed E-state index contributed by atoms with van der Waals surface area (Å²) >= 11 is 0.